The van der Waals surface area contributed by atoms with Crippen LogP contribution in [0.25, 0.3) is 0 Å². The monoisotopic (exact) mass is 349 g/mol. The molecule has 0 fully saturated rings. The van der Waals surface area contributed by atoms with Gasteiger partial charge in [-0.1, -0.05) is 6.07 Å². The van der Waals surface area contributed by atoms with E-state index in [2.05, 4.69) is 5.32 Å². The fourth-order valence-corrected chi connectivity index (χ4v) is 2.75. The van der Waals surface area contributed by atoms with Crippen molar-refractivity contribution in [1.82, 2.24) is 5.32 Å². The Balaban J connectivity index is 1.95. The minimum Gasteiger partial charge on any atom is -0.497 e. The van der Waals surface area contributed by atoms with Gasteiger partial charge in [0, 0.05) is 5.56 Å². The predicted octanol–water partition coefficient (Wildman–Crippen LogP) is 2.80. The van der Waals surface area contributed by atoms with Crippen molar-refractivity contribution in [2.45, 2.75) is 13.0 Å². The SMILES string of the molecule is COc1ccc(OC)c([C@H](C)NC(=O)COC(=O)c2cccs2)c1. The van der Waals surface area contributed by atoms with E-state index >= 15 is 0 Å². The Labute approximate surface area is 144 Å². The molecule has 0 spiro atoms. The van der Waals surface area contributed by atoms with Crippen LogP contribution in [0.2, 0.25) is 0 Å². The molecule has 0 saturated carbocycles. The molecule has 0 aliphatic carbocycles. The summed E-state index contributed by atoms with van der Waals surface area (Å²) in [5, 5.41) is 4.55. The zero-order chi connectivity index (χ0) is 17.5. The van der Waals surface area contributed by atoms with E-state index in [9.17, 15) is 9.59 Å². The highest BCUT2D eigenvalue weighted by molar-refractivity contribution is 7.11. The zero-order valence-corrected chi connectivity index (χ0v) is 14.5. The van der Waals surface area contributed by atoms with Gasteiger partial charge in [-0.3, -0.25) is 4.79 Å². The second kappa shape index (κ2) is 8.35. The number of benzene rings is 1. The largest absolute Gasteiger partial charge is 0.497 e. The lowest BCUT2D eigenvalue weighted by Gasteiger charge is -2.18. The molecule has 1 aromatic heterocycles. The van der Waals surface area contributed by atoms with Crippen LogP contribution < -0.4 is 14.8 Å². The smallest absolute Gasteiger partial charge is 0.348 e. The maximum absolute atomic E-state index is 12.0. The molecule has 1 aromatic carbocycles. The topological polar surface area (TPSA) is 73.9 Å². The molecular formula is C17H19NO5S. The minimum atomic E-state index is -0.508. The van der Waals surface area contributed by atoms with Gasteiger partial charge < -0.3 is 19.5 Å². The molecule has 0 aliphatic heterocycles. The Kier molecular flexibility index (Phi) is 6.20. The summed E-state index contributed by atoms with van der Waals surface area (Å²) >= 11 is 1.27. The Bertz CT molecular complexity index is 699. The Morgan fingerprint density at radius 1 is 1.21 bits per heavy atom. The molecule has 0 radical (unpaired) electrons. The van der Waals surface area contributed by atoms with Crippen molar-refractivity contribution in [2.24, 2.45) is 0 Å². The average Bonchev–Trinajstić information content (AvgIpc) is 3.13. The lowest BCUT2D eigenvalue weighted by atomic mass is 10.1. The van der Waals surface area contributed by atoms with E-state index in [0.717, 1.165) is 5.56 Å². The van der Waals surface area contributed by atoms with Crippen molar-refractivity contribution in [2.75, 3.05) is 20.8 Å². The number of methoxy groups -OCH3 is 2. The molecule has 24 heavy (non-hydrogen) atoms. The number of thiophene rings is 1. The molecule has 0 aliphatic rings. The van der Waals surface area contributed by atoms with E-state index in [4.69, 9.17) is 14.2 Å². The normalized spacial score (nSPS) is 11.5. The minimum absolute atomic E-state index is 0.331. The van der Waals surface area contributed by atoms with Crippen LogP contribution in [0.15, 0.2) is 35.7 Å². The average molecular weight is 349 g/mol. The predicted molar refractivity (Wildman–Crippen MR) is 90.7 cm³/mol. The van der Waals surface area contributed by atoms with Crippen LogP contribution in [-0.4, -0.2) is 32.7 Å². The van der Waals surface area contributed by atoms with Gasteiger partial charge in [-0.2, -0.15) is 0 Å². The summed E-state index contributed by atoms with van der Waals surface area (Å²) in [5.41, 5.74) is 0.773. The first kappa shape index (κ1) is 17.8. The molecule has 7 heteroatoms. The third-order valence-electron chi connectivity index (χ3n) is 3.34. The number of carbonyl (C=O) groups excluding carboxylic acids is 2. The van der Waals surface area contributed by atoms with Crippen LogP contribution in [0.5, 0.6) is 11.5 Å². The second-order valence-corrected chi connectivity index (χ2v) is 5.90. The van der Waals surface area contributed by atoms with Crippen molar-refractivity contribution in [3.63, 3.8) is 0 Å². The fraction of sp³-hybridized carbons (Fsp3) is 0.294. The number of rotatable bonds is 7. The highest BCUT2D eigenvalue weighted by Gasteiger charge is 2.17. The van der Waals surface area contributed by atoms with Gasteiger partial charge in [0.05, 0.1) is 20.3 Å². The molecule has 0 bridgehead atoms. The molecule has 0 unspecified atom stereocenters. The van der Waals surface area contributed by atoms with Crippen molar-refractivity contribution < 1.29 is 23.8 Å². The maximum Gasteiger partial charge on any atom is 0.348 e. The molecule has 1 N–H and O–H groups in total. The highest BCUT2D eigenvalue weighted by Crippen LogP contribution is 2.29. The van der Waals surface area contributed by atoms with E-state index in [0.29, 0.717) is 16.4 Å². The summed E-state index contributed by atoms with van der Waals surface area (Å²) in [7, 11) is 3.13. The van der Waals surface area contributed by atoms with Gasteiger partial charge in [0.25, 0.3) is 5.91 Å². The van der Waals surface area contributed by atoms with Gasteiger partial charge in [-0.25, -0.2) is 4.79 Å². The van der Waals surface area contributed by atoms with Crippen molar-refractivity contribution in [3.8, 4) is 11.5 Å². The lowest BCUT2D eigenvalue weighted by Crippen LogP contribution is -2.31. The fourth-order valence-electron chi connectivity index (χ4n) is 2.14. The molecular weight excluding hydrogens is 330 g/mol. The first-order valence-corrected chi connectivity index (χ1v) is 8.15. The van der Waals surface area contributed by atoms with E-state index in [1.165, 1.54) is 11.3 Å². The van der Waals surface area contributed by atoms with E-state index in [1.54, 1.807) is 49.9 Å². The van der Waals surface area contributed by atoms with Crippen molar-refractivity contribution >= 4 is 23.2 Å². The summed E-state index contributed by atoms with van der Waals surface area (Å²) in [6, 6.07) is 8.41. The molecule has 1 atom stereocenters. The highest BCUT2D eigenvalue weighted by atomic mass is 32.1. The molecule has 128 valence electrons. The van der Waals surface area contributed by atoms with Crippen LogP contribution in [0.1, 0.15) is 28.2 Å². The number of carbonyl (C=O) groups is 2. The first-order valence-electron chi connectivity index (χ1n) is 7.27. The molecule has 1 heterocycles. The summed E-state index contributed by atoms with van der Waals surface area (Å²) in [6.07, 6.45) is 0. The van der Waals surface area contributed by atoms with E-state index in [-0.39, 0.29) is 12.6 Å². The Morgan fingerprint density at radius 3 is 2.62 bits per heavy atom. The van der Waals surface area contributed by atoms with Crippen LogP contribution in [0.3, 0.4) is 0 Å². The summed E-state index contributed by atoms with van der Waals surface area (Å²) in [4.78, 5) is 24.2. The number of esters is 1. The Morgan fingerprint density at radius 2 is 2.00 bits per heavy atom. The number of nitrogens with one attached hydrogen (secondary N) is 1. The van der Waals surface area contributed by atoms with Crippen molar-refractivity contribution in [3.05, 3.63) is 46.2 Å². The van der Waals surface area contributed by atoms with Gasteiger partial charge in [0.15, 0.2) is 6.61 Å². The standard InChI is InChI=1S/C17H19NO5S/c1-11(13-9-12(21-2)6-7-14(13)22-3)18-16(19)10-23-17(20)15-5-4-8-24-15/h4-9,11H,10H2,1-3H3,(H,18,19)/t11-/m0/s1. The van der Waals surface area contributed by atoms with Gasteiger partial charge in [0.2, 0.25) is 0 Å². The molecule has 2 rings (SSSR count). The number of ether oxygens (including phenoxy) is 3. The van der Waals surface area contributed by atoms with Crippen LogP contribution in [0, 0.1) is 0 Å². The second-order valence-electron chi connectivity index (χ2n) is 4.95. The maximum atomic E-state index is 12.0. The van der Waals surface area contributed by atoms with Gasteiger partial charge >= 0.3 is 5.97 Å². The summed E-state index contributed by atoms with van der Waals surface area (Å²) < 4.78 is 15.5. The van der Waals surface area contributed by atoms with Gasteiger partial charge in [0.1, 0.15) is 16.4 Å². The van der Waals surface area contributed by atoms with E-state index < -0.39 is 11.9 Å². The van der Waals surface area contributed by atoms with Gasteiger partial charge in [-0.15, -0.1) is 11.3 Å². The quantitative estimate of drug-likeness (QED) is 0.778. The molecule has 2 aromatic rings. The lowest BCUT2D eigenvalue weighted by molar-refractivity contribution is -0.124. The van der Waals surface area contributed by atoms with Crippen molar-refractivity contribution in [1.29, 1.82) is 0 Å². The summed E-state index contributed by atoms with van der Waals surface area (Å²) in [5.74, 6) is 0.402. The molecule has 6 nitrogen and oxygen atoms in total. The molecule has 0 saturated heterocycles. The number of hydrogen-bond acceptors (Lipinski definition) is 6. The first-order chi connectivity index (χ1) is 11.5. The molecule has 1 amide bonds. The van der Waals surface area contributed by atoms with Gasteiger partial charge in [-0.05, 0) is 36.6 Å². The number of hydrogen-bond donors (Lipinski definition) is 1. The van der Waals surface area contributed by atoms with Crippen LogP contribution in [0.4, 0.5) is 0 Å². The van der Waals surface area contributed by atoms with E-state index in [1.807, 2.05) is 6.92 Å². The Hall–Kier alpha value is -2.54. The summed E-state index contributed by atoms with van der Waals surface area (Å²) in [6.45, 7) is 1.48. The third kappa shape index (κ3) is 4.48. The van der Waals surface area contributed by atoms with Crippen LogP contribution in [-0.2, 0) is 9.53 Å². The zero-order valence-electron chi connectivity index (χ0n) is 13.7. The number of amides is 1. The third-order valence-corrected chi connectivity index (χ3v) is 4.19. The van der Waals surface area contributed by atoms with Crippen LogP contribution >= 0.6 is 11.3 Å².